The molecule has 17 nitrogen and oxygen atoms in total. The third-order valence-corrected chi connectivity index (χ3v) is 16.0. The van der Waals surface area contributed by atoms with Crippen molar-refractivity contribution in [1.82, 2.24) is 47.0 Å². The van der Waals surface area contributed by atoms with Crippen LogP contribution in [0.5, 0.6) is 5.75 Å². The number of hydrogen-bond acceptors (Lipinski definition) is 10. The number of carbonyl (C=O) groups is 7. The number of amides is 7. The van der Waals surface area contributed by atoms with Gasteiger partial charge in [0.05, 0.1) is 24.2 Å². The monoisotopic (exact) mass is 1080 g/mol. The predicted molar refractivity (Wildman–Crippen MR) is 302 cm³/mol. The van der Waals surface area contributed by atoms with Crippen molar-refractivity contribution in [1.29, 1.82) is 0 Å². The molecular formula is C62H79N9O8. The van der Waals surface area contributed by atoms with E-state index in [2.05, 4.69) is 55.4 Å². The van der Waals surface area contributed by atoms with Crippen LogP contribution < -0.4 is 42.0 Å². The Balaban J connectivity index is 0.893. The number of rotatable bonds is 19. The van der Waals surface area contributed by atoms with Crippen LogP contribution in [0.4, 0.5) is 0 Å². The van der Waals surface area contributed by atoms with Crippen LogP contribution in [0.3, 0.4) is 0 Å². The summed E-state index contributed by atoms with van der Waals surface area (Å²) in [6, 6.07) is 25.0. The smallest absolute Gasteiger partial charge is 0.251 e. The first kappa shape index (κ1) is 57.8. The molecule has 7 N–H and O–H groups in total. The Morgan fingerprint density at radius 3 is 1.77 bits per heavy atom. The first-order valence-electron chi connectivity index (χ1n) is 28.0. The van der Waals surface area contributed by atoms with Gasteiger partial charge in [-0.25, -0.2) is 0 Å². The number of benzene rings is 4. The van der Waals surface area contributed by atoms with E-state index in [0.717, 1.165) is 60.8 Å². The highest BCUT2D eigenvalue weighted by Gasteiger charge is 2.46. The maximum atomic E-state index is 14.6. The molecule has 17 heteroatoms. The van der Waals surface area contributed by atoms with E-state index in [1.54, 1.807) is 69.2 Å². The number of nitrogens with zero attached hydrogens (tertiary/aromatic N) is 2. The van der Waals surface area contributed by atoms with Crippen molar-refractivity contribution in [3.63, 3.8) is 0 Å². The molecule has 8 rings (SSSR count). The molecular weight excluding hydrogens is 999 g/mol. The molecule has 2 heterocycles. The number of likely N-dealkylation sites (N-methyl/N-ethyl adjacent to an activating group) is 2. The summed E-state index contributed by atoms with van der Waals surface area (Å²) in [6.07, 6.45) is 9.89. The van der Waals surface area contributed by atoms with Crippen molar-refractivity contribution in [2.45, 2.75) is 153 Å². The van der Waals surface area contributed by atoms with E-state index >= 15 is 0 Å². The van der Waals surface area contributed by atoms with Crippen LogP contribution in [0, 0.1) is 5.41 Å². The van der Waals surface area contributed by atoms with Crippen LogP contribution >= 0.6 is 0 Å². The van der Waals surface area contributed by atoms with Crippen molar-refractivity contribution in [3.05, 3.63) is 148 Å². The van der Waals surface area contributed by atoms with Gasteiger partial charge in [-0.1, -0.05) is 106 Å². The molecule has 4 aromatic carbocycles. The summed E-state index contributed by atoms with van der Waals surface area (Å²) in [7, 11) is 3.35. The highest BCUT2D eigenvalue weighted by atomic mass is 16.5. The van der Waals surface area contributed by atoms with E-state index in [-0.39, 0.29) is 80.1 Å². The predicted octanol–water partition coefficient (Wildman–Crippen LogP) is 5.28. The molecule has 7 amide bonds. The number of nitrogens with one attached hydrogen (secondary N) is 7. The minimum Gasteiger partial charge on any atom is -0.489 e. The van der Waals surface area contributed by atoms with E-state index < -0.39 is 53.6 Å². The topological polar surface area (TPSA) is 219 Å². The molecule has 1 fully saturated rings. The van der Waals surface area contributed by atoms with Gasteiger partial charge in [0.2, 0.25) is 35.4 Å². The molecule has 4 aromatic rings. The Kier molecular flexibility index (Phi) is 19.1. The largest absolute Gasteiger partial charge is 0.489 e. The summed E-state index contributed by atoms with van der Waals surface area (Å²) in [6.45, 7) is 9.55. The molecule has 2 aliphatic heterocycles. The highest BCUT2D eigenvalue weighted by molar-refractivity contribution is 5.97. The third kappa shape index (κ3) is 14.3. The van der Waals surface area contributed by atoms with Crippen molar-refractivity contribution in [3.8, 4) is 5.75 Å². The van der Waals surface area contributed by atoms with Gasteiger partial charge in [0.25, 0.3) is 5.91 Å². The van der Waals surface area contributed by atoms with Crippen LogP contribution in [0.1, 0.15) is 129 Å². The Morgan fingerprint density at radius 1 is 0.633 bits per heavy atom. The van der Waals surface area contributed by atoms with Gasteiger partial charge in [0.15, 0.2) is 0 Å². The molecule has 0 saturated carbocycles. The minimum absolute atomic E-state index is 0.0749. The molecule has 2 aliphatic carbocycles. The highest BCUT2D eigenvalue weighted by Crippen LogP contribution is 2.33. The van der Waals surface area contributed by atoms with Gasteiger partial charge in [0.1, 0.15) is 36.5 Å². The molecule has 79 heavy (non-hydrogen) atoms. The molecule has 9 atom stereocenters. The minimum atomic E-state index is -0.948. The van der Waals surface area contributed by atoms with Crippen LogP contribution in [-0.2, 0) is 54.6 Å². The lowest BCUT2D eigenvalue weighted by Gasteiger charge is -2.36. The number of likely N-dealkylation sites (tertiary alicyclic amines) is 1. The van der Waals surface area contributed by atoms with E-state index in [1.807, 2.05) is 75.4 Å². The molecule has 0 unspecified atom stereocenters. The normalized spacial score (nSPS) is 21.2. The first-order valence-corrected chi connectivity index (χ1v) is 28.0. The fraction of sp³-hybridized carbons (Fsp3) is 0.468. The average Bonchev–Trinajstić information content (AvgIpc) is 4.06. The molecule has 0 radical (unpaired) electrons. The van der Waals surface area contributed by atoms with Crippen LogP contribution in [0.25, 0.3) is 0 Å². The molecule has 4 aliphatic rings. The lowest BCUT2D eigenvalue weighted by atomic mass is 9.85. The Hall–Kier alpha value is -7.37. The van der Waals surface area contributed by atoms with Gasteiger partial charge < -0.3 is 51.8 Å². The SMILES string of the molecule is CN[C@@H](C)C(=O)N[C@@H](Cc1ccc(OCc2ccc(C(=O)N[C@H]3C[C@@H](C(=O)N[C@@H]4CCCc5ccccc54)N(C(=O)[C@@H](NC(=O)[C@H](C)NC)C(C)(C)C)C3)cc2)cc1)C(=O)N1CC=CC[C@H]1C(=O)N[C@@H]1CCCc2ccccc21. The zero-order valence-electron chi connectivity index (χ0n) is 46.7. The van der Waals surface area contributed by atoms with Crippen molar-refractivity contribution >= 4 is 41.4 Å². The molecule has 420 valence electrons. The summed E-state index contributed by atoms with van der Waals surface area (Å²) < 4.78 is 6.16. The number of carbonyl (C=O) groups excluding carboxylic acids is 7. The summed E-state index contributed by atoms with van der Waals surface area (Å²) in [5, 5.41) is 21.3. The zero-order chi connectivity index (χ0) is 56.4. The second-order valence-electron chi connectivity index (χ2n) is 22.7. The zero-order valence-corrected chi connectivity index (χ0v) is 46.7. The van der Waals surface area contributed by atoms with E-state index in [0.29, 0.717) is 17.7 Å². The lowest BCUT2D eigenvalue weighted by Crippen LogP contribution is -2.59. The Bertz CT molecular complexity index is 2870. The van der Waals surface area contributed by atoms with Gasteiger partial charge in [-0.15, -0.1) is 0 Å². The number of fused-ring (bicyclic) bond motifs is 2. The summed E-state index contributed by atoms with van der Waals surface area (Å²) in [5.74, 6) is -1.73. The molecule has 0 bridgehead atoms. The van der Waals surface area contributed by atoms with Crippen molar-refractivity contribution in [2.75, 3.05) is 27.2 Å². The number of ether oxygens (including phenoxy) is 1. The fourth-order valence-corrected chi connectivity index (χ4v) is 11.1. The number of aryl methyl sites for hydroxylation is 2. The van der Waals surface area contributed by atoms with E-state index in [9.17, 15) is 33.6 Å². The van der Waals surface area contributed by atoms with E-state index in [4.69, 9.17) is 4.74 Å². The maximum absolute atomic E-state index is 14.6. The van der Waals surface area contributed by atoms with Crippen LogP contribution in [0.15, 0.2) is 109 Å². The van der Waals surface area contributed by atoms with E-state index in [1.165, 1.54) is 16.0 Å². The quantitative estimate of drug-likeness (QED) is 0.0603. The van der Waals surface area contributed by atoms with Gasteiger partial charge in [0, 0.05) is 31.1 Å². The van der Waals surface area contributed by atoms with Crippen LogP contribution in [-0.4, -0.2) is 121 Å². The molecule has 1 saturated heterocycles. The number of hydrogen-bond donors (Lipinski definition) is 7. The molecule has 0 spiro atoms. The lowest BCUT2D eigenvalue weighted by molar-refractivity contribution is -0.144. The standard InChI is InChI=1S/C62H79N9O8/c1-38(63-6)55(72)68-51(60(77)70-33-13-12-24-52(70)58(75)66-49-22-14-18-42-16-8-10-20-47(42)49)34-40-27-31-46(32-28-40)79-37-41-25-29-44(30-26-41)57(74)65-45-35-53(59(76)67-50-23-15-19-43-17-9-11-21-48(43)50)71(36-45)61(78)54(62(3,4)5)69-56(73)39(2)64-7/h8-13,16-17,20-21,25-32,38-39,45,49-54,63-64H,14-15,18-19,22-24,33-37H2,1-7H3,(H,65,74)(H,66,75)(H,67,76)(H,68,72)(H,69,73)/t38-,39-,45-,49+,50+,51-,52-,53-,54+/m0/s1. The fourth-order valence-electron chi connectivity index (χ4n) is 11.1. The van der Waals surface area contributed by atoms with Gasteiger partial charge in [-0.2, -0.15) is 0 Å². The summed E-state index contributed by atoms with van der Waals surface area (Å²) >= 11 is 0. The average molecular weight is 1080 g/mol. The second kappa shape index (κ2) is 26.1. The summed E-state index contributed by atoms with van der Waals surface area (Å²) in [5.41, 5.74) is 5.87. The Labute approximate surface area is 464 Å². The Morgan fingerprint density at radius 2 is 1.19 bits per heavy atom. The van der Waals surface area contributed by atoms with Crippen molar-refractivity contribution in [2.24, 2.45) is 5.41 Å². The second-order valence-corrected chi connectivity index (χ2v) is 22.7. The molecule has 0 aromatic heterocycles. The summed E-state index contributed by atoms with van der Waals surface area (Å²) in [4.78, 5) is 101. The van der Waals surface area contributed by atoms with Gasteiger partial charge >= 0.3 is 0 Å². The van der Waals surface area contributed by atoms with Crippen LogP contribution in [0.2, 0.25) is 0 Å². The third-order valence-electron chi connectivity index (χ3n) is 16.0. The first-order chi connectivity index (χ1) is 37.9. The maximum Gasteiger partial charge on any atom is 0.251 e. The van der Waals surface area contributed by atoms with Gasteiger partial charge in [-0.05, 0) is 142 Å². The van der Waals surface area contributed by atoms with Crippen molar-refractivity contribution < 1.29 is 38.3 Å². The van der Waals surface area contributed by atoms with Gasteiger partial charge in [-0.3, -0.25) is 33.6 Å².